The van der Waals surface area contributed by atoms with Crippen LogP contribution in [0.4, 0.5) is 0 Å². The van der Waals surface area contributed by atoms with E-state index in [0.717, 1.165) is 42.3 Å². The van der Waals surface area contributed by atoms with Crippen LogP contribution in [0.2, 0.25) is 0 Å². The fourth-order valence-electron chi connectivity index (χ4n) is 4.19. The molecule has 3 aromatic rings. The van der Waals surface area contributed by atoms with Crippen LogP contribution in [0.5, 0.6) is 0 Å². The molecule has 1 fully saturated rings. The Labute approximate surface area is 176 Å². The van der Waals surface area contributed by atoms with E-state index in [1.165, 1.54) is 5.56 Å². The van der Waals surface area contributed by atoms with Crippen LogP contribution in [0.1, 0.15) is 53.2 Å². The van der Waals surface area contributed by atoms with Gasteiger partial charge in [0, 0.05) is 43.2 Å². The number of benzene rings is 1. The largest absolute Gasteiger partial charge is 0.366 e. The molecule has 30 heavy (non-hydrogen) atoms. The van der Waals surface area contributed by atoms with Gasteiger partial charge in [-0.25, -0.2) is 0 Å². The van der Waals surface area contributed by atoms with Crippen LogP contribution in [-0.4, -0.2) is 39.8 Å². The lowest BCUT2D eigenvalue weighted by atomic mass is 9.89. The summed E-state index contributed by atoms with van der Waals surface area (Å²) in [6, 6.07) is 13.6. The number of nitrogens with two attached hydrogens (primary N) is 1. The molecule has 1 aliphatic heterocycles. The Hall–Kier alpha value is -3.28. The van der Waals surface area contributed by atoms with Gasteiger partial charge in [0.15, 0.2) is 0 Å². The van der Waals surface area contributed by atoms with Crippen LogP contribution in [0, 0.1) is 0 Å². The zero-order chi connectivity index (χ0) is 20.9. The van der Waals surface area contributed by atoms with E-state index in [9.17, 15) is 9.59 Å². The number of likely N-dealkylation sites (tertiary alicyclic amines) is 1. The molecule has 1 saturated heterocycles. The summed E-state index contributed by atoms with van der Waals surface area (Å²) < 4.78 is 0. The Morgan fingerprint density at radius 1 is 1.07 bits per heavy atom. The molecule has 1 aromatic carbocycles. The maximum absolute atomic E-state index is 12.6. The SMILES string of the molecule is NC(=O)c1cc2ccccc2nc1C1CCN(C(=O)CCCc2ccncc2)CC1. The number of piperidine rings is 1. The second-order valence-corrected chi connectivity index (χ2v) is 7.84. The molecule has 3 heterocycles. The van der Waals surface area contributed by atoms with E-state index in [1.54, 1.807) is 12.4 Å². The molecule has 0 saturated carbocycles. The summed E-state index contributed by atoms with van der Waals surface area (Å²) in [5.41, 5.74) is 8.98. The summed E-state index contributed by atoms with van der Waals surface area (Å²) in [5, 5.41) is 0.914. The molecule has 4 rings (SSSR count). The number of pyridine rings is 2. The standard InChI is InChI=1S/C24H26N4O2/c25-24(30)20-16-19-5-1-2-6-21(19)27-23(20)18-10-14-28(15-11-18)22(29)7-3-4-17-8-12-26-13-9-17/h1-2,5-6,8-9,12-13,16,18H,3-4,7,10-11,14-15H2,(H2,25,30). The van der Waals surface area contributed by atoms with Gasteiger partial charge >= 0.3 is 0 Å². The Kier molecular flexibility index (Phi) is 6.02. The Balaban J connectivity index is 1.37. The molecule has 1 aliphatic rings. The highest BCUT2D eigenvalue weighted by molar-refractivity contribution is 5.97. The molecule has 6 heteroatoms. The topological polar surface area (TPSA) is 89.2 Å². The highest BCUT2D eigenvalue weighted by atomic mass is 16.2. The highest BCUT2D eigenvalue weighted by Crippen LogP contribution is 2.31. The average molecular weight is 402 g/mol. The van der Waals surface area contributed by atoms with Gasteiger partial charge in [0.05, 0.1) is 16.8 Å². The van der Waals surface area contributed by atoms with Crippen molar-refractivity contribution >= 4 is 22.7 Å². The fourth-order valence-corrected chi connectivity index (χ4v) is 4.19. The number of amides is 2. The second-order valence-electron chi connectivity index (χ2n) is 7.84. The number of hydrogen-bond acceptors (Lipinski definition) is 4. The second kappa shape index (κ2) is 9.03. The van der Waals surface area contributed by atoms with E-state index in [2.05, 4.69) is 4.98 Å². The molecule has 2 amide bonds. The van der Waals surface area contributed by atoms with Crippen molar-refractivity contribution in [2.75, 3.05) is 13.1 Å². The summed E-state index contributed by atoms with van der Waals surface area (Å²) in [6.07, 6.45) is 7.41. The molecule has 0 spiro atoms. The molecule has 0 atom stereocenters. The lowest BCUT2D eigenvalue weighted by Gasteiger charge is -2.32. The normalized spacial score (nSPS) is 14.7. The zero-order valence-electron chi connectivity index (χ0n) is 17.0. The van der Waals surface area contributed by atoms with Gasteiger partial charge in [-0.15, -0.1) is 0 Å². The zero-order valence-corrected chi connectivity index (χ0v) is 17.0. The minimum absolute atomic E-state index is 0.137. The third-order valence-electron chi connectivity index (χ3n) is 5.86. The van der Waals surface area contributed by atoms with Crippen molar-refractivity contribution in [3.8, 4) is 0 Å². The molecule has 6 nitrogen and oxygen atoms in total. The van der Waals surface area contributed by atoms with Crippen molar-refractivity contribution < 1.29 is 9.59 Å². The van der Waals surface area contributed by atoms with Crippen molar-refractivity contribution in [2.24, 2.45) is 5.73 Å². The lowest BCUT2D eigenvalue weighted by molar-refractivity contribution is -0.132. The van der Waals surface area contributed by atoms with Crippen LogP contribution in [0.3, 0.4) is 0 Å². The maximum atomic E-state index is 12.6. The monoisotopic (exact) mass is 402 g/mol. The first-order chi connectivity index (χ1) is 14.6. The van der Waals surface area contributed by atoms with E-state index >= 15 is 0 Å². The number of carbonyl (C=O) groups is 2. The summed E-state index contributed by atoms with van der Waals surface area (Å²) >= 11 is 0. The van der Waals surface area contributed by atoms with Gasteiger partial charge in [0.1, 0.15) is 0 Å². The van der Waals surface area contributed by atoms with Crippen molar-refractivity contribution in [3.63, 3.8) is 0 Å². The van der Waals surface area contributed by atoms with Gasteiger partial charge < -0.3 is 10.6 Å². The minimum atomic E-state index is -0.446. The smallest absolute Gasteiger partial charge is 0.250 e. The fraction of sp³-hybridized carbons (Fsp3) is 0.333. The van der Waals surface area contributed by atoms with Gasteiger partial charge in [-0.1, -0.05) is 18.2 Å². The minimum Gasteiger partial charge on any atom is -0.366 e. The first-order valence-corrected chi connectivity index (χ1v) is 10.5. The van der Waals surface area contributed by atoms with Gasteiger partial charge in [-0.05, 0) is 55.5 Å². The number of para-hydroxylation sites is 1. The Morgan fingerprint density at radius 2 is 1.80 bits per heavy atom. The van der Waals surface area contributed by atoms with E-state index < -0.39 is 5.91 Å². The van der Waals surface area contributed by atoms with Gasteiger partial charge in [0.2, 0.25) is 5.91 Å². The summed E-state index contributed by atoms with van der Waals surface area (Å²) in [5.74, 6) is -0.111. The van der Waals surface area contributed by atoms with Crippen LogP contribution >= 0.6 is 0 Å². The van der Waals surface area contributed by atoms with Crippen molar-refractivity contribution in [2.45, 2.75) is 38.0 Å². The average Bonchev–Trinajstić information content (AvgIpc) is 2.79. The van der Waals surface area contributed by atoms with E-state index in [0.29, 0.717) is 25.1 Å². The number of aromatic nitrogens is 2. The quantitative estimate of drug-likeness (QED) is 0.684. The lowest BCUT2D eigenvalue weighted by Crippen LogP contribution is -2.38. The first-order valence-electron chi connectivity index (χ1n) is 10.5. The Bertz CT molecular complexity index is 1040. The molecule has 2 aromatic heterocycles. The number of hydrogen-bond donors (Lipinski definition) is 1. The van der Waals surface area contributed by atoms with Crippen LogP contribution in [-0.2, 0) is 11.2 Å². The van der Waals surface area contributed by atoms with Gasteiger partial charge in [-0.3, -0.25) is 19.6 Å². The van der Waals surface area contributed by atoms with Crippen molar-refractivity contribution in [3.05, 3.63) is 71.7 Å². The number of aryl methyl sites for hydroxylation is 1. The summed E-state index contributed by atoms with van der Waals surface area (Å²) in [7, 11) is 0. The van der Waals surface area contributed by atoms with Crippen LogP contribution in [0.15, 0.2) is 54.9 Å². The third-order valence-corrected chi connectivity index (χ3v) is 5.86. The summed E-state index contributed by atoms with van der Waals surface area (Å²) in [6.45, 7) is 1.37. The molecule has 2 N–H and O–H groups in total. The first kappa shape index (κ1) is 20.0. The molecule has 0 bridgehead atoms. The predicted molar refractivity (Wildman–Crippen MR) is 116 cm³/mol. The third kappa shape index (κ3) is 4.48. The molecule has 0 unspecified atom stereocenters. The summed E-state index contributed by atoms with van der Waals surface area (Å²) in [4.78, 5) is 35.4. The number of carbonyl (C=O) groups excluding carboxylic acids is 2. The highest BCUT2D eigenvalue weighted by Gasteiger charge is 2.27. The van der Waals surface area contributed by atoms with E-state index in [1.807, 2.05) is 47.4 Å². The number of nitrogens with zero attached hydrogens (tertiary/aromatic N) is 3. The molecular formula is C24H26N4O2. The number of primary amides is 1. The Morgan fingerprint density at radius 3 is 2.53 bits per heavy atom. The molecule has 154 valence electrons. The van der Waals surface area contributed by atoms with Gasteiger partial charge in [-0.2, -0.15) is 0 Å². The van der Waals surface area contributed by atoms with E-state index in [-0.39, 0.29) is 11.8 Å². The maximum Gasteiger partial charge on any atom is 0.250 e. The molecular weight excluding hydrogens is 376 g/mol. The number of fused-ring (bicyclic) bond motifs is 1. The van der Waals surface area contributed by atoms with Crippen LogP contribution in [0.25, 0.3) is 10.9 Å². The molecule has 0 radical (unpaired) electrons. The van der Waals surface area contributed by atoms with E-state index in [4.69, 9.17) is 10.7 Å². The van der Waals surface area contributed by atoms with Crippen molar-refractivity contribution in [1.82, 2.24) is 14.9 Å². The van der Waals surface area contributed by atoms with Crippen LogP contribution < -0.4 is 5.73 Å². The van der Waals surface area contributed by atoms with Gasteiger partial charge in [0.25, 0.3) is 5.91 Å². The van der Waals surface area contributed by atoms with Crippen molar-refractivity contribution in [1.29, 1.82) is 0 Å². The number of rotatable bonds is 6. The predicted octanol–water partition coefficient (Wildman–Crippen LogP) is 3.46. The molecule has 0 aliphatic carbocycles.